The molecule has 0 bridgehead atoms. The van der Waals surface area contributed by atoms with E-state index in [1.165, 1.54) is 351 Å². The second kappa shape index (κ2) is 55.6. The Kier molecular flexibility index (Phi) is 53.3. The average Bonchev–Trinajstić information content (AvgIpc) is 3.39. The van der Waals surface area contributed by atoms with E-state index in [4.69, 9.17) is 0 Å². The lowest BCUT2D eigenvalue weighted by Gasteiger charge is -2.30. The molecule has 0 atom stereocenters. The molecule has 4 heteroatoms. The fourth-order valence-corrected chi connectivity index (χ4v) is 11.6. The van der Waals surface area contributed by atoms with Crippen molar-refractivity contribution in [3.8, 4) is 5.75 Å². The van der Waals surface area contributed by atoms with Gasteiger partial charge in [0.25, 0.3) is 0 Å². The fourth-order valence-electron chi connectivity index (χ4n) is 11.6. The summed E-state index contributed by atoms with van der Waals surface area (Å²) in [6, 6.07) is 4.51. The molecule has 1 rings (SSSR count). The first kappa shape index (κ1) is 69.9. The highest BCUT2D eigenvalue weighted by Gasteiger charge is 2.21. The van der Waals surface area contributed by atoms with Crippen LogP contribution in [0.1, 0.15) is 366 Å². The highest BCUT2D eigenvalue weighted by atomic mass is 16.3. The Balaban J connectivity index is 3.55. The van der Waals surface area contributed by atoms with Gasteiger partial charge in [-0.2, -0.15) is 0 Å². The zero-order chi connectivity index (χ0) is 52.8. The van der Waals surface area contributed by atoms with Crippen LogP contribution in [0.4, 0.5) is 0 Å². The minimum Gasteiger partial charge on any atom is -0.508 e. The first-order chi connectivity index (χ1) is 36.0. The maximum Gasteiger partial charge on any atom is 0.120 e. The number of hydrogen-bond acceptors (Lipinski definition) is 4. The molecule has 73 heavy (non-hydrogen) atoms. The van der Waals surface area contributed by atoms with Gasteiger partial charge in [-0.1, -0.05) is 317 Å². The van der Waals surface area contributed by atoms with E-state index in [1.54, 1.807) is 0 Å². The maximum atomic E-state index is 12.2. The van der Waals surface area contributed by atoms with Crippen molar-refractivity contribution < 1.29 is 5.11 Å². The Bertz CT molecular complexity index is 1170. The van der Waals surface area contributed by atoms with Crippen LogP contribution in [0, 0.1) is 0 Å². The summed E-state index contributed by atoms with van der Waals surface area (Å²) in [5.74, 6) is 0.562. The number of benzene rings is 1. The molecule has 4 nitrogen and oxygen atoms in total. The summed E-state index contributed by atoms with van der Waals surface area (Å²) in [4.78, 5) is 8.55. The van der Waals surface area contributed by atoms with Crippen LogP contribution in [0.3, 0.4) is 0 Å². The van der Waals surface area contributed by atoms with Gasteiger partial charge >= 0.3 is 0 Å². The van der Waals surface area contributed by atoms with E-state index in [1.807, 2.05) is 0 Å². The molecule has 0 fully saturated rings. The second-order valence-electron chi connectivity index (χ2n) is 23.9. The molecule has 0 unspecified atom stereocenters. The second-order valence-corrected chi connectivity index (χ2v) is 23.9. The molecule has 0 amide bonds. The van der Waals surface area contributed by atoms with Crippen molar-refractivity contribution in [1.29, 1.82) is 0 Å². The zero-order valence-corrected chi connectivity index (χ0v) is 51.2. The van der Waals surface area contributed by atoms with Gasteiger partial charge in [0, 0.05) is 25.2 Å². The van der Waals surface area contributed by atoms with E-state index in [0.29, 0.717) is 5.75 Å². The molecule has 0 heterocycles. The number of nitrogens with zero attached hydrogens (tertiary/aromatic N) is 3. The molecule has 1 N–H and O–H groups in total. The molecular formula is C69H135N3O. The molecule has 0 aliphatic rings. The van der Waals surface area contributed by atoms with Crippen LogP contribution in [-0.4, -0.2) is 59.1 Å². The van der Waals surface area contributed by atoms with Crippen molar-refractivity contribution in [2.45, 2.75) is 369 Å². The normalized spacial score (nSPS) is 12.0. The first-order valence-electron chi connectivity index (χ1n) is 34.0. The minimum atomic E-state index is 0.562. The molecule has 0 spiro atoms. The van der Waals surface area contributed by atoms with E-state index < -0.39 is 0 Å². The summed E-state index contributed by atoms with van der Waals surface area (Å²) in [6.45, 7) is 24.1. The third kappa shape index (κ3) is 43.6. The summed E-state index contributed by atoms with van der Waals surface area (Å²) in [6.07, 6.45) is 66.0. The third-order valence-electron chi connectivity index (χ3n) is 16.6. The molecule has 0 radical (unpaired) electrons. The van der Waals surface area contributed by atoms with E-state index in [9.17, 15) is 5.11 Å². The molecular weight excluding hydrogens is 887 g/mol. The SMILES string of the molecule is CCCCCCCCCCN(CCCCCCCCCC)Cc1ccc(O)c(CN(CCCCCCCCCC)CCCCCCCCCC)c1CN(CCCCCCCCCC)CCCCCCCCCC. The van der Waals surface area contributed by atoms with Crippen molar-refractivity contribution >= 4 is 0 Å². The predicted octanol–water partition coefficient (Wildman–Crippen LogP) is 22.6. The Morgan fingerprint density at radius 2 is 0.425 bits per heavy atom. The Morgan fingerprint density at radius 3 is 0.658 bits per heavy atom. The van der Waals surface area contributed by atoms with Gasteiger partial charge in [0.2, 0.25) is 0 Å². The van der Waals surface area contributed by atoms with Crippen LogP contribution in [0.15, 0.2) is 12.1 Å². The zero-order valence-electron chi connectivity index (χ0n) is 51.2. The van der Waals surface area contributed by atoms with Crippen molar-refractivity contribution in [2.24, 2.45) is 0 Å². The quantitative estimate of drug-likeness (QED) is 0.0659. The van der Waals surface area contributed by atoms with E-state index in [0.717, 1.165) is 32.7 Å². The van der Waals surface area contributed by atoms with Gasteiger partial charge in [-0.25, -0.2) is 0 Å². The Labute approximate surface area is 460 Å². The fraction of sp³-hybridized carbons (Fsp3) is 0.913. The van der Waals surface area contributed by atoms with Crippen LogP contribution < -0.4 is 0 Å². The highest BCUT2D eigenvalue weighted by molar-refractivity contribution is 5.44. The Hall–Kier alpha value is -1.10. The van der Waals surface area contributed by atoms with Crippen molar-refractivity contribution in [2.75, 3.05) is 39.3 Å². The number of unbranched alkanes of at least 4 members (excludes halogenated alkanes) is 42. The lowest BCUT2D eigenvalue weighted by molar-refractivity contribution is 0.230. The van der Waals surface area contributed by atoms with Gasteiger partial charge < -0.3 is 5.11 Å². The maximum absolute atomic E-state index is 12.2. The Morgan fingerprint density at radius 1 is 0.233 bits per heavy atom. The van der Waals surface area contributed by atoms with Crippen molar-refractivity contribution in [3.63, 3.8) is 0 Å². The molecule has 0 aromatic heterocycles. The molecule has 432 valence electrons. The third-order valence-corrected chi connectivity index (χ3v) is 16.6. The van der Waals surface area contributed by atoms with Gasteiger partial charge in [-0.15, -0.1) is 0 Å². The van der Waals surface area contributed by atoms with Gasteiger partial charge in [-0.05, 0) is 95.0 Å². The molecule has 0 saturated heterocycles. The number of phenols is 1. The summed E-state index contributed by atoms with van der Waals surface area (Å²) >= 11 is 0. The largest absolute Gasteiger partial charge is 0.508 e. The monoisotopic (exact) mass is 1020 g/mol. The number of hydrogen-bond donors (Lipinski definition) is 1. The van der Waals surface area contributed by atoms with Gasteiger partial charge in [0.05, 0.1) is 0 Å². The van der Waals surface area contributed by atoms with Crippen LogP contribution in [-0.2, 0) is 19.6 Å². The minimum absolute atomic E-state index is 0.562. The van der Waals surface area contributed by atoms with Crippen LogP contribution in [0.5, 0.6) is 5.75 Å². The van der Waals surface area contributed by atoms with Crippen molar-refractivity contribution in [1.82, 2.24) is 14.7 Å². The number of rotatable bonds is 60. The van der Waals surface area contributed by atoms with Crippen LogP contribution in [0.2, 0.25) is 0 Å². The van der Waals surface area contributed by atoms with Crippen LogP contribution in [0.25, 0.3) is 0 Å². The predicted molar refractivity (Wildman–Crippen MR) is 330 cm³/mol. The summed E-state index contributed by atoms with van der Waals surface area (Å²) in [7, 11) is 0. The topological polar surface area (TPSA) is 30.0 Å². The van der Waals surface area contributed by atoms with Gasteiger partial charge in [0.15, 0.2) is 0 Å². The lowest BCUT2D eigenvalue weighted by atomic mass is 9.96. The van der Waals surface area contributed by atoms with Crippen LogP contribution >= 0.6 is 0 Å². The standard InChI is InChI=1S/C69H135N3O/c1-7-13-19-25-31-37-43-49-57-70(58-50-44-38-32-26-20-14-8-2)63-66-55-56-69(73)68(65-72(61-53-47-41-35-29-23-17-11-5)62-54-48-42-36-30-24-18-12-6)67(66)64-71(59-51-45-39-33-27-21-15-9-3)60-52-46-40-34-28-22-16-10-4/h55-56,73H,7-54,57-65H2,1-6H3. The van der Waals surface area contributed by atoms with E-state index in [-0.39, 0.29) is 0 Å². The molecule has 0 aliphatic carbocycles. The highest BCUT2D eigenvalue weighted by Crippen LogP contribution is 2.30. The van der Waals surface area contributed by atoms with Gasteiger partial charge in [-0.3, -0.25) is 14.7 Å². The van der Waals surface area contributed by atoms with Crippen molar-refractivity contribution in [3.05, 3.63) is 28.8 Å². The molecule has 1 aromatic rings. The summed E-state index contributed by atoms with van der Waals surface area (Å²) < 4.78 is 0. The smallest absolute Gasteiger partial charge is 0.120 e. The first-order valence-corrected chi connectivity index (χ1v) is 34.0. The van der Waals surface area contributed by atoms with Gasteiger partial charge in [0.1, 0.15) is 5.75 Å². The number of phenolic OH excluding ortho intramolecular Hbond substituents is 1. The molecule has 1 aromatic carbocycles. The molecule has 0 aliphatic heterocycles. The average molecular weight is 1020 g/mol. The summed E-state index contributed by atoms with van der Waals surface area (Å²) in [5, 5.41) is 12.2. The van der Waals surface area contributed by atoms with E-state index >= 15 is 0 Å². The number of aromatic hydroxyl groups is 1. The lowest BCUT2D eigenvalue weighted by Crippen LogP contribution is -2.31. The molecule has 0 saturated carbocycles. The van der Waals surface area contributed by atoms with E-state index in [2.05, 4.69) is 68.4 Å². The summed E-state index contributed by atoms with van der Waals surface area (Å²) in [5.41, 5.74) is 4.28.